The summed E-state index contributed by atoms with van der Waals surface area (Å²) in [5.41, 5.74) is 4.97. The number of rotatable bonds is 16. The highest BCUT2D eigenvalue weighted by molar-refractivity contribution is 5.97. The third kappa shape index (κ3) is 11.3. The van der Waals surface area contributed by atoms with Crippen molar-refractivity contribution in [3.05, 3.63) is 102 Å². The van der Waals surface area contributed by atoms with Gasteiger partial charge in [0, 0.05) is 42.0 Å². The zero-order valence-corrected chi connectivity index (χ0v) is 29.2. The standard InChI is InChI=1S/C40H48N4O5/c1-6-7-27(2)21-23-49-34-18-14-29(15-19-34)32-25-42-37(43-26-32)30-10-8-28(9-11-30)24-35(39(48)41-22-20-36(45)46)44-38(47)31-12-16-33(17-13-31)40(3,4)5/h8-19,25-27,35H,6-7,20-24H2,1-5H3,(H,41,48)(H,44,47)(H,45,46)/t27?,35-/m0/s1. The average molecular weight is 665 g/mol. The molecule has 0 aliphatic carbocycles. The fourth-order valence-electron chi connectivity index (χ4n) is 5.40. The number of carbonyl (C=O) groups excluding carboxylic acids is 2. The molecule has 2 atom stereocenters. The van der Waals surface area contributed by atoms with E-state index in [1.54, 1.807) is 24.5 Å². The molecule has 1 aromatic heterocycles. The maximum atomic E-state index is 13.2. The largest absolute Gasteiger partial charge is 0.494 e. The third-order valence-electron chi connectivity index (χ3n) is 8.43. The van der Waals surface area contributed by atoms with Gasteiger partial charge in [-0.05, 0) is 58.7 Å². The molecule has 4 rings (SSSR count). The maximum absolute atomic E-state index is 13.2. The summed E-state index contributed by atoms with van der Waals surface area (Å²) in [6.07, 6.45) is 7.03. The molecule has 3 N–H and O–H groups in total. The van der Waals surface area contributed by atoms with Crippen LogP contribution in [0.2, 0.25) is 0 Å². The number of aromatic nitrogens is 2. The van der Waals surface area contributed by atoms with Gasteiger partial charge < -0.3 is 20.5 Å². The Bertz CT molecular complexity index is 1660. The molecule has 1 unspecified atom stereocenters. The first-order valence-corrected chi connectivity index (χ1v) is 17.0. The highest BCUT2D eigenvalue weighted by atomic mass is 16.5. The Morgan fingerprint density at radius 1 is 0.837 bits per heavy atom. The normalized spacial score (nSPS) is 12.5. The van der Waals surface area contributed by atoms with Crippen LogP contribution >= 0.6 is 0 Å². The summed E-state index contributed by atoms with van der Waals surface area (Å²) in [5.74, 6) is 0.210. The van der Waals surface area contributed by atoms with Crippen LogP contribution in [0.25, 0.3) is 22.5 Å². The smallest absolute Gasteiger partial charge is 0.305 e. The first-order chi connectivity index (χ1) is 23.4. The number of carbonyl (C=O) groups is 3. The Morgan fingerprint density at radius 2 is 1.47 bits per heavy atom. The van der Waals surface area contributed by atoms with Crippen molar-refractivity contribution in [1.29, 1.82) is 0 Å². The molecule has 0 saturated heterocycles. The van der Waals surface area contributed by atoms with Crippen molar-refractivity contribution >= 4 is 17.8 Å². The molecule has 0 radical (unpaired) electrons. The number of hydrogen-bond donors (Lipinski definition) is 3. The molecule has 2 amide bonds. The zero-order valence-electron chi connectivity index (χ0n) is 29.2. The number of carboxylic acid groups (broad SMARTS) is 1. The van der Waals surface area contributed by atoms with E-state index in [2.05, 4.69) is 55.2 Å². The summed E-state index contributed by atoms with van der Waals surface area (Å²) in [6.45, 7) is 11.4. The van der Waals surface area contributed by atoms with Crippen LogP contribution in [0.4, 0.5) is 0 Å². The Morgan fingerprint density at radius 3 is 2.06 bits per heavy atom. The molecule has 9 nitrogen and oxygen atoms in total. The lowest BCUT2D eigenvalue weighted by Gasteiger charge is -2.20. The van der Waals surface area contributed by atoms with E-state index in [-0.39, 0.29) is 30.7 Å². The van der Waals surface area contributed by atoms with Gasteiger partial charge in [0.25, 0.3) is 5.91 Å². The van der Waals surface area contributed by atoms with Gasteiger partial charge in [0.2, 0.25) is 5.91 Å². The molecule has 4 aromatic rings. The van der Waals surface area contributed by atoms with Crippen molar-refractivity contribution in [2.45, 2.75) is 78.2 Å². The zero-order chi connectivity index (χ0) is 35.4. The second kappa shape index (κ2) is 17.4. The lowest BCUT2D eigenvalue weighted by molar-refractivity contribution is -0.137. The summed E-state index contributed by atoms with van der Waals surface area (Å²) in [5, 5.41) is 14.5. The van der Waals surface area contributed by atoms with Crippen LogP contribution < -0.4 is 15.4 Å². The van der Waals surface area contributed by atoms with Crippen molar-refractivity contribution < 1.29 is 24.2 Å². The van der Waals surface area contributed by atoms with Crippen LogP contribution in [0.3, 0.4) is 0 Å². The SMILES string of the molecule is CCCC(C)CCOc1ccc(-c2cnc(-c3ccc(C[C@H](NC(=O)c4ccc(C(C)(C)C)cc4)C(=O)NCCC(=O)O)cc3)nc2)cc1. The van der Waals surface area contributed by atoms with E-state index in [4.69, 9.17) is 9.84 Å². The van der Waals surface area contributed by atoms with Gasteiger partial charge in [0.15, 0.2) is 5.82 Å². The summed E-state index contributed by atoms with van der Waals surface area (Å²) in [4.78, 5) is 46.4. The summed E-state index contributed by atoms with van der Waals surface area (Å²) >= 11 is 0. The first-order valence-electron chi connectivity index (χ1n) is 17.0. The van der Waals surface area contributed by atoms with E-state index in [1.807, 2.05) is 60.7 Å². The first kappa shape index (κ1) is 36.8. The van der Waals surface area contributed by atoms with Gasteiger partial charge in [-0.25, -0.2) is 9.97 Å². The molecular formula is C40H48N4O5. The van der Waals surface area contributed by atoms with E-state index in [9.17, 15) is 14.4 Å². The van der Waals surface area contributed by atoms with E-state index in [0.717, 1.165) is 40.0 Å². The average Bonchev–Trinajstić information content (AvgIpc) is 3.08. The van der Waals surface area contributed by atoms with E-state index < -0.39 is 17.9 Å². The van der Waals surface area contributed by atoms with Crippen molar-refractivity contribution in [3.63, 3.8) is 0 Å². The molecule has 9 heteroatoms. The Kier molecular flexibility index (Phi) is 13.0. The predicted molar refractivity (Wildman–Crippen MR) is 192 cm³/mol. The van der Waals surface area contributed by atoms with Gasteiger partial charge in [-0.3, -0.25) is 14.4 Å². The van der Waals surface area contributed by atoms with Gasteiger partial charge in [-0.2, -0.15) is 0 Å². The Labute approximate surface area is 289 Å². The molecule has 0 spiro atoms. The van der Waals surface area contributed by atoms with Crippen molar-refractivity contribution in [2.24, 2.45) is 5.92 Å². The number of benzene rings is 3. The van der Waals surface area contributed by atoms with Gasteiger partial charge in [0.05, 0.1) is 13.0 Å². The fraction of sp³-hybridized carbons (Fsp3) is 0.375. The number of aliphatic carboxylic acids is 1. The minimum absolute atomic E-state index is 0.0382. The number of amides is 2. The number of nitrogens with one attached hydrogen (secondary N) is 2. The fourth-order valence-corrected chi connectivity index (χ4v) is 5.40. The van der Waals surface area contributed by atoms with Gasteiger partial charge in [-0.1, -0.05) is 96.0 Å². The van der Waals surface area contributed by atoms with E-state index >= 15 is 0 Å². The lowest BCUT2D eigenvalue weighted by atomic mass is 9.86. The van der Waals surface area contributed by atoms with Crippen LogP contribution in [0.15, 0.2) is 85.2 Å². The topological polar surface area (TPSA) is 131 Å². The number of nitrogens with zero attached hydrogens (tertiary/aromatic N) is 2. The van der Waals surface area contributed by atoms with Gasteiger partial charge in [0.1, 0.15) is 11.8 Å². The minimum atomic E-state index is -1.02. The highest BCUT2D eigenvalue weighted by Gasteiger charge is 2.23. The number of carboxylic acids is 1. The highest BCUT2D eigenvalue weighted by Crippen LogP contribution is 2.25. The monoisotopic (exact) mass is 664 g/mol. The lowest BCUT2D eigenvalue weighted by Crippen LogP contribution is -2.48. The van der Waals surface area contributed by atoms with Crippen LogP contribution in [0.5, 0.6) is 5.75 Å². The molecule has 0 saturated carbocycles. The number of hydrogen-bond acceptors (Lipinski definition) is 6. The molecule has 1 heterocycles. The van der Waals surface area contributed by atoms with Crippen molar-refractivity contribution in [1.82, 2.24) is 20.6 Å². The molecule has 0 aliphatic rings. The van der Waals surface area contributed by atoms with Crippen molar-refractivity contribution in [3.8, 4) is 28.3 Å². The molecule has 49 heavy (non-hydrogen) atoms. The van der Waals surface area contributed by atoms with Gasteiger partial charge >= 0.3 is 5.97 Å². The molecule has 0 fully saturated rings. The van der Waals surface area contributed by atoms with Crippen LogP contribution in [0.1, 0.15) is 81.8 Å². The third-order valence-corrected chi connectivity index (χ3v) is 8.43. The molecule has 0 aliphatic heterocycles. The minimum Gasteiger partial charge on any atom is -0.494 e. The Hall–Kier alpha value is -5.05. The molecule has 258 valence electrons. The maximum Gasteiger partial charge on any atom is 0.305 e. The molecule has 0 bridgehead atoms. The van der Waals surface area contributed by atoms with Crippen LogP contribution in [0, 0.1) is 5.92 Å². The van der Waals surface area contributed by atoms with Crippen LogP contribution in [-0.2, 0) is 21.4 Å². The second-order valence-corrected chi connectivity index (χ2v) is 13.5. The van der Waals surface area contributed by atoms with E-state index in [0.29, 0.717) is 23.9 Å². The molecule has 3 aromatic carbocycles. The predicted octanol–water partition coefficient (Wildman–Crippen LogP) is 7.25. The Balaban J connectivity index is 1.40. The van der Waals surface area contributed by atoms with Crippen LogP contribution in [-0.4, -0.2) is 52.1 Å². The second-order valence-electron chi connectivity index (χ2n) is 13.5. The number of ether oxygens (including phenoxy) is 1. The van der Waals surface area contributed by atoms with Crippen molar-refractivity contribution in [2.75, 3.05) is 13.2 Å². The summed E-state index contributed by atoms with van der Waals surface area (Å²) in [7, 11) is 0. The quantitative estimate of drug-likeness (QED) is 0.115. The van der Waals surface area contributed by atoms with E-state index in [1.165, 1.54) is 12.8 Å². The summed E-state index contributed by atoms with van der Waals surface area (Å²) < 4.78 is 5.92. The van der Waals surface area contributed by atoms with Gasteiger partial charge in [-0.15, -0.1) is 0 Å². The summed E-state index contributed by atoms with van der Waals surface area (Å²) in [6, 6.07) is 21.9. The molecular weight excluding hydrogens is 616 g/mol.